The number of phenols is 1. The highest BCUT2D eigenvalue weighted by molar-refractivity contribution is 6.32. The Kier molecular flexibility index (Phi) is 6.97. The average Bonchev–Trinajstić information content (AvgIpc) is 3.27. The molecule has 1 fully saturated rings. The smallest absolute Gasteiger partial charge is 0.336 e. The molecule has 8 heteroatoms. The van der Waals surface area contributed by atoms with E-state index in [0.29, 0.717) is 48.5 Å². The van der Waals surface area contributed by atoms with Gasteiger partial charge in [-0.05, 0) is 56.2 Å². The summed E-state index contributed by atoms with van der Waals surface area (Å²) in [5, 5.41) is 13.8. The molecule has 0 bridgehead atoms. The lowest BCUT2D eigenvalue weighted by atomic mass is 9.68. The monoisotopic (exact) mass is 489 g/mol. The van der Waals surface area contributed by atoms with Gasteiger partial charge in [-0.2, -0.15) is 0 Å². The molecule has 0 amide bonds. The van der Waals surface area contributed by atoms with Crippen LogP contribution in [0.25, 0.3) is 0 Å². The van der Waals surface area contributed by atoms with Gasteiger partial charge in [-0.1, -0.05) is 25.4 Å². The Balaban J connectivity index is 1.79. The normalized spacial score (nSPS) is 24.1. The molecule has 2 heterocycles. The summed E-state index contributed by atoms with van der Waals surface area (Å²) < 4.78 is 16.8. The van der Waals surface area contributed by atoms with Gasteiger partial charge in [-0.25, -0.2) is 4.79 Å². The van der Waals surface area contributed by atoms with Crippen molar-refractivity contribution in [2.24, 2.45) is 5.41 Å². The zero-order valence-corrected chi connectivity index (χ0v) is 20.9. The summed E-state index contributed by atoms with van der Waals surface area (Å²) in [6, 6.07) is 3.24. The number of allylic oxidation sites excluding steroid dienone is 3. The maximum absolute atomic E-state index is 13.4. The zero-order valence-electron chi connectivity index (χ0n) is 20.1. The van der Waals surface area contributed by atoms with Gasteiger partial charge in [0.05, 0.1) is 23.3 Å². The maximum Gasteiger partial charge on any atom is 0.336 e. The standard InChI is InChI=1S/C26H32ClNO6/c1-5-32-20-10-15(9-17(27)24(20)30)22-21(25(31)34-13-16-7-6-8-33-16)14(2)28-18-11-26(3,4)12-19(29)23(18)22/h9-10,16,22,28,30H,5-8,11-13H2,1-4H3. The minimum Gasteiger partial charge on any atom is -0.503 e. The summed E-state index contributed by atoms with van der Waals surface area (Å²) in [5.41, 5.74) is 2.73. The van der Waals surface area contributed by atoms with E-state index < -0.39 is 11.9 Å². The van der Waals surface area contributed by atoms with Crippen molar-refractivity contribution in [3.8, 4) is 11.5 Å². The van der Waals surface area contributed by atoms with E-state index in [0.717, 1.165) is 18.5 Å². The van der Waals surface area contributed by atoms with Crippen molar-refractivity contribution >= 4 is 23.4 Å². The van der Waals surface area contributed by atoms with Crippen molar-refractivity contribution < 1.29 is 28.9 Å². The van der Waals surface area contributed by atoms with Crippen LogP contribution in [0.2, 0.25) is 5.02 Å². The minimum absolute atomic E-state index is 0.0252. The summed E-state index contributed by atoms with van der Waals surface area (Å²) in [4.78, 5) is 26.8. The number of esters is 1. The number of Topliss-reactive ketones (excluding diaryl/α,β-unsaturated/α-hetero) is 1. The first-order chi connectivity index (χ1) is 16.1. The second-order valence-corrected chi connectivity index (χ2v) is 10.4. The summed E-state index contributed by atoms with van der Waals surface area (Å²) in [6.07, 6.45) is 2.72. The Morgan fingerprint density at radius 3 is 2.76 bits per heavy atom. The van der Waals surface area contributed by atoms with Gasteiger partial charge in [-0.15, -0.1) is 0 Å². The van der Waals surface area contributed by atoms with Crippen LogP contribution in [0.15, 0.2) is 34.7 Å². The largest absolute Gasteiger partial charge is 0.503 e. The molecule has 0 saturated carbocycles. The predicted molar refractivity (Wildman–Crippen MR) is 128 cm³/mol. The number of carbonyl (C=O) groups excluding carboxylic acids is 2. The Labute approximate surface area is 205 Å². The zero-order chi connectivity index (χ0) is 24.6. The van der Waals surface area contributed by atoms with E-state index in [-0.39, 0.29) is 40.4 Å². The fraction of sp³-hybridized carbons (Fsp3) is 0.538. The van der Waals surface area contributed by atoms with Crippen LogP contribution >= 0.6 is 11.6 Å². The van der Waals surface area contributed by atoms with Gasteiger partial charge in [0, 0.05) is 35.9 Å². The second-order valence-electron chi connectivity index (χ2n) is 9.95. The van der Waals surface area contributed by atoms with Gasteiger partial charge < -0.3 is 24.6 Å². The molecule has 2 unspecified atom stereocenters. The molecule has 2 atom stereocenters. The topological polar surface area (TPSA) is 94.1 Å². The SMILES string of the molecule is CCOc1cc(C2C(C(=O)OCC3CCCO3)=C(C)NC3=C2C(=O)CC(C)(C)C3)cc(Cl)c1O. The summed E-state index contributed by atoms with van der Waals surface area (Å²) in [5.74, 6) is -1.18. The van der Waals surface area contributed by atoms with Crippen LogP contribution in [0.3, 0.4) is 0 Å². The number of dihydropyridines is 1. The number of halogens is 1. The van der Waals surface area contributed by atoms with E-state index in [2.05, 4.69) is 19.2 Å². The molecule has 0 aromatic heterocycles. The van der Waals surface area contributed by atoms with E-state index in [1.54, 1.807) is 19.1 Å². The minimum atomic E-state index is -0.686. The third-order valence-electron chi connectivity index (χ3n) is 6.57. The number of carbonyl (C=O) groups is 2. The summed E-state index contributed by atoms with van der Waals surface area (Å²) in [6.45, 7) is 8.89. The highest BCUT2D eigenvalue weighted by Gasteiger charge is 2.43. The molecule has 0 spiro atoms. The van der Waals surface area contributed by atoms with Gasteiger partial charge in [0.15, 0.2) is 17.3 Å². The molecule has 184 valence electrons. The fourth-order valence-corrected chi connectivity index (χ4v) is 5.31. The molecule has 3 aliphatic rings. The number of hydrogen-bond donors (Lipinski definition) is 2. The van der Waals surface area contributed by atoms with E-state index in [1.807, 2.05) is 6.92 Å². The van der Waals surface area contributed by atoms with E-state index in [9.17, 15) is 14.7 Å². The molecule has 1 saturated heterocycles. The molecule has 1 aromatic carbocycles. The molecule has 2 N–H and O–H groups in total. The molecule has 2 aliphatic heterocycles. The van der Waals surface area contributed by atoms with Gasteiger partial charge in [0.25, 0.3) is 0 Å². The van der Waals surface area contributed by atoms with Crippen LogP contribution in [0.5, 0.6) is 11.5 Å². The van der Waals surface area contributed by atoms with Crippen molar-refractivity contribution in [2.45, 2.75) is 65.4 Å². The molecule has 7 nitrogen and oxygen atoms in total. The number of nitrogens with one attached hydrogen (secondary N) is 1. The van der Waals surface area contributed by atoms with Crippen molar-refractivity contribution in [2.75, 3.05) is 19.8 Å². The van der Waals surface area contributed by atoms with Gasteiger partial charge in [-0.3, -0.25) is 4.79 Å². The number of ketones is 1. The van der Waals surface area contributed by atoms with Gasteiger partial charge in [0.2, 0.25) is 0 Å². The molecule has 1 aromatic rings. The van der Waals surface area contributed by atoms with E-state index in [4.69, 9.17) is 25.8 Å². The second kappa shape index (κ2) is 9.62. The maximum atomic E-state index is 13.4. The molecule has 0 radical (unpaired) electrons. The number of rotatable bonds is 6. The lowest BCUT2D eigenvalue weighted by Gasteiger charge is -2.39. The Hall–Kier alpha value is -2.51. The molecule has 1 aliphatic carbocycles. The lowest BCUT2D eigenvalue weighted by Crippen LogP contribution is -2.39. The highest BCUT2D eigenvalue weighted by atomic mass is 35.5. The predicted octanol–water partition coefficient (Wildman–Crippen LogP) is 4.77. The molecule has 34 heavy (non-hydrogen) atoms. The summed E-state index contributed by atoms with van der Waals surface area (Å²) in [7, 11) is 0. The van der Waals surface area contributed by atoms with Gasteiger partial charge >= 0.3 is 5.97 Å². The lowest BCUT2D eigenvalue weighted by molar-refractivity contribution is -0.142. The van der Waals surface area contributed by atoms with Crippen LogP contribution in [-0.4, -0.2) is 42.8 Å². The van der Waals surface area contributed by atoms with Crippen molar-refractivity contribution in [1.82, 2.24) is 5.32 Å². The number of phenolic OH excluding ortho intramolecular Hbond substituents is 1. The quantitative estimate of drug-likeness (QED) is 0.556. The molecule has 4 rings (SSSR count). The Morgan fingerprint density at radius 2 is 2.09 bits per heavy atom. The fourth-order valence-electron chi connectivity index (χ4n) is 5.09. The Morgan fingerprint density at radius 1 is 1.32 bits per heavy atom. The van der Waals surface area contributed by atoms with Crippen LogP contribution < -0.4 is 10.1 Å². The van der Waals surface area contributed by atoms with Crippen LogP contribution in [-0.2, 0) is 19.1 Å². The molecular formula is C26H32ClNO6. The third-order valence-corrected chi connectivity index (χ3v) is 6.86. The van der Waals surface area contributed by atoms with Crippen LogP contribution in [0.1, 0.15) is 64.9 Å². The third kappa shape index (κ3) is 4.82. The van der Waals surface area contributed by atoms with Crippen molar-refractivity contribution in [3.05, 3.63) is 45.3 Å². The number of aromatic hydroxyl groups is 1. The first kappa shape index (κ1) is 24.6. The van der Waals surface area contributed by atoms with Crippen LogP contribution in [0.4, 0.5) is 0 Å². The summed E-state index contributed by atoms with van der Waals surface area (Å²) >= 11 is 6.35. The van der Waals surface area contributed by atoms with Gasteiger partial charge in [0.1, 0.15) is 6.61 Å². The highest BCUT2D eigenvalue weighted by Crippen LogP contribution is 2.49. The molecular weight excluding hydrogens is 458 g/mol. The Bertz CT molecular complexity index is 1070. The first-order valence-corrected chi connectivity index (χ1v) is 12.2. The first-order valence-electron chi connectivity index (χ1n) is 11.8. The number of hydrogen-bond acceptors (Lipinski definition) is 7. The van der Waals surface area contributed by atoms with E-state index in [1.165, 1.54) is 0 Å². The van der Waals surface area contributed by atoms with E-state index >= 15 is 0 Å². The number of benzene rings is 1. The number of ether oxygens (including phenoxy) is 3. The van der Waals surface area contributed by atoms with Crippen LogP contribution in [0, 0.1) is 5.41 Å². The average molecular weight is 490 g/mol. The van der Waals surface area contributed by atoms with Crippen molar-refractivity contribution in [1.29, 1.82) is 0 Å². The van der Waals surface area contributed by atoms with Crippen molar-refractivity contribution in [3.63, 3.8) is 0 Å².